The minimum Gasteiger partial charge on any atom is -0.311 e. The number of para-hydroxylation sites is 1. The zero-order valence-corrected chi connectivity index (χ0v) is 17.6. The Kier molecular flexibility index (Phi) is 4.89. The van der Waals surface area contributed by atoms with Crippen molar-refractivity contribution < 1.29 is 4.79 Å². The molecule has 0 radical (unpaired) electrons. The quantitative estimate of drug-likeness (QED) is 0.466. The van der Waals surface area contributed by atoms with E-state index in [1.807, 2.05) is 35.7 Å². The highest BCUT2D eigenvalue weighted by atomic mass is 35.5. The van der Waals surface area contributed by atoms with Crippen LogP contribution < -0.4 is 10.5 Å². The number of carbonyl (C=O) groups excluding carboxylic acids is 1. The third kappa shape index (κ3) is 3.32. The van der Waals surface area contributed by atoms with Gasteiger partial charge in [0.1, 0.15) is 11.4 Å². The topological polar surface area (TPSA) is 55.2 Å². The number of aromatic nitrogens is 2. The molecular weight excluding hydrogens is 418 g/mol. The molecule has 1 amide bonds. The van der Waals surface area contributed by atoms with Crippen LogP contribution >= 0.6 is 22.9 Å². The number of fused-ring (bicyclic) bond motifs is 2. The number of halogens is 1. The van der Waals surface area contributed by atoms with Gasteiger partial charge < -0.3 is 4.90 Å². The lowest BCUT2D eigenvalue weighted by Crippen LogP contribution is -2.39. The number of hydrogen-bond donors (Lipinski definition) is 0. The van der Waals surface area contributed by atoms with Gasteiger partial charge in [-0.15, -0.1) is 11.3 Å². The molecule has 0 unspecified atom stereocenters. The van der Waals surface area contributed by atoms with E-state index < -0.39 is 0 Å². The number of thiophene rings is 1. The van der Waals surface area contributed by atoms with Crippen LogP contribution in [0.5, 0.6) is 0 Å². The fraction of sp³-hybridized carbons (Fsp3) is 0.174. The molecule has 3 heterocycles. The van der Waals surface area contributed by atoms with E-state index >= 15 is 0 Å². The summed E-state index contributed by atoms with van der Waals surface area (Å²) in [5, 5.41) is 3.10. The number of benzene rings is 2. The first kappa shape index (κ1) is 19.0. The maximum Gasteiger partial charge on any atom is 0.263 e. The van der Waals surface area contributed by atoms with Crippen LogP contribution in [-0.4, -0.2) is 22.0 Å². The van der Waals surface area contributed by atoms with E-state index in [4.69, 9.17) is 11.6 Å². The Hall–Kier alpha value is -2.96. The van der Waals surface area contributed by atoms with Gasteiger partial charge in [0.05, 0.1) is 11.7 Å². The Balaban J connectivity index is 1.51. The van der Waals surface area contributed by atoms with Crippen molar-refractivity contribution in [2.45, 2.75) is 19.4 Å². The van der Waals surface area contributed by atoms with Crippen LogP contribution in [0.2, 0.25) is 5.02 Å². The summed E-state index contributed by atoms with van der Waals surface area (Å²) < 4.78 is 1.41. The molecule has 0 N–H and O–H groups in total. The van der Waals surface area contributed by atoms with E-state index in [1.54, 1.807) is 17.0 Å². The van der Waals surface area contributed by atoms with Crippen molar-refractivity contribution in [2.75, 3.05) is 11.4 Å². The molecule has 5 nitrogen and oxygen atoms in total. The van der Waals surface area contributed by atoms with Crippen LogP contribution in [0.25, 0.3) is 21.3 Å². The maximum atomic E-state index is 13.2. The fourth-order valence-electron chi connectivity index (χ4n) is 3.95. The molecule has 30 heavy (non-hydrogen) atoms. The van der Waals surface area contributed by atoms with Crippen molar-refractivity contribution in [1.29, 1.82) is 0 Å². The fourth-order valence-corrected chi connectivity index (χ4v) is 4.98. The minimum atomic E-state index is -0.204. The Labute approximate surface area is 182 Å². The van der Waals surface area contributed by atoms with Gasteiger partial charge in [0, 0.05) is 28.2 Å². The van der Waals surface area contributed by atoms with E-state index in [0.29, 0.717) is 21.8 Å². The third-order valence-corrected chi connectivity index (χ3v) is 6.57. The lowest BCUT2D eigenvalue weighted by atomic mass is 10.0. The van der Waals surface area contributed by atoms with Crippen molar-refractivity contribution in [3.8, 4) is 11.1 Å². The molecule has 0 bridgehead atoms. The molecular formula is C23H18ClN3O2S. The monoisotopic (exact) mass is 435 g/mol. The highest BCUT2D eigenvalue weighted by molar-refractivity contribution is 7.17. The Morgan fingerprint density at radius 2 is 1.93 bits per heavy atom. The highest BCUT2D eigenvalue weighted by Gasteiger charge is 2.23. The van der Waals surface area contributed by atoms with Crippen molar-refractivity contribution in [3.63, 3.8) is 0 Å². The highest BCUT2D eigenvalue weighted by Crippen LogP contribution is 2.31. The molecule has 7 heteroatoms. The molecule has 0 saturated heterocycles. The van der Waals surface area contributed by atoms with Gasteiger partial charge in [0.15, 0.2) is 0 Å². The van der Waals surface area contributed by atoms with E-state index in [-0.39, 0.29) is 18.0 Å². The van der Waals surface area contributed by atoms with E-state index in [9.17, 15) is 9.59 Å². The number of nitrogens with zero attached hydrogens (tertiary/aromatic N) is 3. The van der Waals surface area contributed by atoms with Crippen LogP contribution in [0.15, 0.2) is 65.0 Å². The lowest BCUT2D eigenvalue weighted by molar-refractivity contribution is -0.119. The number of anilines is 1. The summed E-state index contributed by atoms with van der Waals surface area (Å²) in [7, 11) is 0. The molecule has 1 aliphatic rings. The van der Waals surface area contributed by atoms with Crippen molar-refractivity contribution >= 4 is 44.7 Å². The molecule has 1 aliphatic heterocycles. The van der Waals surface area contributed by atoms with Gasteiger partial charge >= 0.3 is 0 Å². The summed E-state index contributed by atoms with van der Waals surface area (Å²) in [4.78, 5) is 33.2. The SMILES string of the molecule is O=C(Cn1cnc2scc(-c3ccc(Cl)cc3)c2c1=O)N1CCCc2ccccc21. The van der Waals surface area contributed by atoms with Crippen LogP contribution in [0.1, 0.15) is 12.0 Å². The summed E-state index contributed by atoms with van der Waals surface area (Å²) in [5.74, 6) is -0.103. The summed E-state index contributed by atoms with van der Waals surface area (Å²) in [6, 6.07) is 15.3. The Morgan fingerprint density at radius 1 is 1.13 bits per heavy atom. The van der Waals surface area contributed by atoms with E-state index in [1.165, 1.54) is 27.8 Å². The standard InChI is InChI=1S/C23H18ClN3O2S/c24-17-9-7-15(8-10-17)18-13-30-22-21(18)23(29)26(14-25-22)12-20(28)27-11-3-5-16-4-1-2-6-19(16)27/h1-2,4,6-10,13-14H,3,5,11-12H2. The average Bonchev–Trinajstić information content (AvgIpc) is 3.20. The molecule has 150 valence electrons. The molecule has 5 rings (SSSR count). The molecule has 4 aromatic rings. The summed E-state index contributed by atoms with van der Waals surface area (Å²) >= 11 is 7.42. The van der Waals surface area contributed by atoms with Crippen LogP contribution in [0.4, 0.5) is 5.69 Å². The van der Waals surface area contributed by atoms with Gasteiger partial charge in [-0.05, 0) is 42.2 Å². The second-order valence-electron chi connectivity index (χ2n) is 7.29. The van der Waals surface area contributed by atoms with Gasteiger partial charge in [0.2, 0.25) is 5.91 Å². The Bertz CT molecular complexity index is 1310. The minimum absolute atomic E-state index is 0.0357. The second-order valence-corrected chi connectivity index (χ2v) is 8.59. The summed E-state index contributed by atoms with van der Waals surface area (Å²) in [6.45, 7) is 0.626. The predicted octanol–water partition coefficient (Wildman–Crippen LogP) is 4.76. The number of carbonyl (C=O) groups is 1. The van der Waals surface area contributed by atoms with E-state index in [2.05, 4.69) is 11.1 Å². The predicted molar refractivity (Wildman–Crippen MR) is 121 cm³/mol. The summed E-state index contributed by atoms with van der Waals surface area (Å²) in [6.07, 6.45) is 3.35. The van der Waals surface area contributed by atoms with Crippen molar-refractivity contribution in [1.82, 2.24) is 9.55 Å². The van der Waals surface area contributed by atoms with Gasteiger partial charge in [-0.25, -0.2) is 4.98 Å². The second kappa shape index (κ2) is 7.70. The molecule has 0 fully saturated rings. The zero-order chi connectivity index (χ0) is 20.7. The number of rotatable bonds is 3. The molecule has 2 aromatic carbocycles. The average molecular weight is 436 g/mol. The number of amides is 1. The van der Waals surface area contributed by atoms with Gasteiger partial charge in [0.25, 0.3) is 5.56 Å². The lowest BCUT2D eigenvalue weighted by Gasteiger charge is -2.29. The van der Waals surface area contributed by atoms with E-state index in [0.717, 1.165) is 29.7 Å². The first-order valence-electron chi connectivity index (χ1n) is 9.72. The first-order valence-corrected chi connectivity index (χ1v) is 11.0. The number of aryl methyl sites for hydroxylation is 1. The van der Waals surface area contributed by atoms with Crippen molar-refractivity contribution in [2.24, 2.45) is 0 Å². The zero-order valence-electron chi connectivity index (χ0n) is 16.0. The first-order chi connectivity index (χ1) is 14.6. The smallest absolute Gasteiger partial charge is 0.263 e. The molecule has 0 atom stereocenters. The van der Waals surface area contributed by atoms with Crippen LogP contribution in [0, 0.1) is 0 Å². The maximum absolute atomic E-state index is 13.2. The molecule has 0 spiro atoms. The molecule has 2 aromatic heterocycles. The Morgan fingerprint density at radius 3 is 2.77 bits per heavy atom. The van der Waals surface area contributed by atoms with Gasteiger partial charge in [-0.1, -0.05) is 41.9 Å². The van der Waals surface area contributed by atoms with Gasteiger partial charge in [-0.2, -0.15) is 0 Å². The molecule has 0 aliphatic carbocycles. The summed E-state index contributed by atoms with van der Waals surface area (Å²) in [5.41, 5.74) is 3.62. The normalized spacial score (nSPS) is 13.4. The largest absolute Gasteiger partial charge is 0.311 e. The van der Waals surface area contributed by atoms with Crippen LogP contribution in [-0.2, 0) is 17.8 Å². The van der Waals surface area contributed by atoms with Crippen LogP contribution in [0.3, 0.4) is 0 Å². The van der Waals surface area contributed by atoms with Crippen molar-refractivity contribution in [3.05, 3.63) is 81.2 Å². The molecule has 0 saturated carbocycles. The number of hydrogen-bond acceptors (Lipinski definition) is 4. The van der Waals surface area contributed by atoms with Gasteiger partial charge in [-0.3, -0.25) is 14.2 Å². The third-order valence-electron chi connectivity index (χ3n) is 5.43.